The van der Waals surface area contributed by atoms with E-state index < -0.39 is 24.5 Å². The third-order valence-corrected chi connectivity index (χ3v) is 3.06. The number of carbonyl (C=O) groups is 1. The molecule has 6 heteroatoms. The Balaban J connectivity index is 2.82. The Kier molecular flexibility index (Phi) is 5.85. The molecule has 0 fully saturated rings. The van der Waals surface area contributed by atoms with Gasteiger partial charge in [0.25, 0.3) is 0 Å². The lowest BCUT2D eigenvalue weighted by atomic mass is 10.00. The van der Waals surface area contributed by atoms with E-state index in [1.54, 1.807) is 37.3 Å². The first-order chi connectivity index (χ1) is 8.85. The molecule has 0 N–H and O–H groups in total. The minimum absolute atomic E-state index is 0.0372. The van der Waals surface area contributed by atoms with Crippen LogP contribution in [0, 0.1) is 0 Å². The summed E-state index contributed by atoms with van der Waals surface area (Å²) < 4.78 is 37.3. The number of hydrogen-bond donors (Lipinski definition) is 0. The van der Waals surface area contributed by atoms with Crippen molar-refractivity contribution in [2.75, 3.05) is 18.4 Å². The summed E-state index contributed by atoms with van der Waals surface area (Å²) >= 11 is 3.07. The summed E-state index contributed by atoms with van der Waals surface area (Å²) in [6.45, 7) is 0.444. The SMILES string of the molecule is CC(C(=O)N(CCBr)CC(F)(F)F)c1ccccc1. The molecule has 0 aliphatic carbocycles. The summed E-state index contributed by atoms with van der Waals surface area (Å²) in [7, 11) is 0. The van der Waals surface area contributed by atoms with Crippen molar-refractivity contribution in [2.45, 2.75) is 19.0 Å². The summed E-state index contributed by atoms with van der Waals surface area (Å²) in [5.74, 6) is -1.09. The predicted molar refractivity (Wildman–Crippen MR) is 71.3 cm³/mol. The predicted octanol–water partition coefficient (Wildman–Crippen LogP) is 3.58. The fourth-order valence-electron chi connectivity index (χ4n) is 1.74. The quantitative estimate of drug-likeness (QED) is 0.752. The van der Waals surface area contributed by atoms with Crippen molar-refractivity contribution in [3.05, 3.63) is 35.9 Å². The first kappa shape index (κ1) is 16.0. The van der Waals surface area contributed by atoms with Crippen molar-refractivity contribution < 1.29 is 18.0 Å². The third-order valence-electron chi connectivity index (χ3n) is 2.71. The largest absolute Gasteiger partial charge is 0.406 e. The molecule has 0 bridgehead atoms. The molecule has 1 atom stereocenters. The molecule has 1 unspecified atom stereocenters. The number of amides is 1. The van der Waals surface area contributed by atoms with E-state index in [2.05, 4.69) is 15.9 Å². The number of nitrogens with zero attached hydrogens (tertiary/aromatic N) is 1. The van der Waals surface area contributed by atoms with Crippen molar-refractivity contribution >= 4 is 21.8 Å². The number of hydrogen-bond acceptors (Lipinski definition) is 1. The fraction of sp³-hybridized carbons (Fsp3) is 0.462. The number of benzene rings is 1. The van der Waals surface area contributed by atoms with E-state index in [0.717, 1.165) is 4.90 Å². The summed E-state index contributed by atoms with van der Waals surface area (Å²) in [4.78, 5) is 13.0. The van der Waals surface area contributed by atoms with Crippen LogP contribution in [0.3, 0.4) is 0 Å². The van der Waals surface area contributed by atoms with Crippen LogP contribution < -0.4 is 0 Å². The second-order valence-corrected chi connectivity index (χ2v) is 4.99. The van der Waals surface area contributed by atoms with Crippen LogP contribution in [0.2, 0.25) is 0 Å². The monoisotopic (exact) mass is 337 g/mol. The number of rotatable bonds is 5. The molecule has 1 rings (SSSR count). The van der Waals surface area contributed by atoms with Gasteiger partial charge in [-0.15, -0.1) is 0 Å². The van der Waals surface area contributed by atoms with Gasteiger partial charge in [-0.05, 0) is 12.5 Å². The molecule has 106 valence electrons. The highest BCUT2D eigenvalue weighted by molar-refractivity contribution is 9.09. The van der Waals surface area contributed by atoms with Crippen molar-refractivity contribution in [2.24, 2.45) is 0 Å². The van der Waals surface area contributed by atoms with Crippen LogP contribution >= 0.6 is 15.9 Å². The van der Waals surface area contributed by atoms with Gasteiger partial charge in [0.2, 0.25) is 5.91 Å². The summed E-state index contributed by atoms with van der Waals surface area (Å²) in [5.41, 5.74) is 0.717. The first-order valence-electron chi connectivity index (χ1n) is 5.81. The van der Waals surface area contributed by atoms with Gasteiger partial charge in [-0.1, -0.05) is 46.3 Å². The zero-order chi connectivity index (χ0) is 14.5. The van der Waals surface area contributed by atoms with Crippen LogP contribution in [0.15, 0.2) is 30.3 Å². The average molecular weight is 338 g/mol. The Morgan fingerprint density at radius 2 is 1.89 bits per heavy atom. The summed E-state index contributed by atoms with van der Waals surface area (Å²) in [5, 5.41) is 0.316. The molecule has 0 aromatic heterocycles. The normalized spacial score (nSPS) is 13.1. The van der Waals surface area contributed by atoms with Crippen molar-refractivity contribution in [1.82, 2.24) is 4.90 Å². The Hall–Kier alpha value is -1.04. The molecule has 1 aromatic rings. The second-order valence-electron chi connectivity index (χ2n) is 4.20. The highest BCUT2D eigenvalue weighted by Crippen LogP contribution is 2.22. The van der Waals surface area contributed by atoms with Gasteiger partial charge in [0, 0.05) is 11.9 Å². The van der Waals surface area contributed by atoms with Crippen molar-refractivity contribution in [3.63, 3.8) is 0 Å². The topological polar surface area (TPSA) is 20.3 Å². The van der Waals surface area contributed by atoms with Gasteiger partial charge in [-0.25, -0.2) is 0 Å². The molecule has 0 heterocycles. The van der Waals surface area contributed by atoms with Crippen molar-refractivity contribution in [3.8, 4) is 0 Å². The molecule has 1 aromatic carbocycles. The number of alkyl halides is 4. The van der Waals surface area contributed by atoms with E-state index in [9.17, 15) is 18.0 Å². The van der Waals surface area contributed by atoms with Crippen LogP contribution in [0.5, 0.6) is 0 Å². The standard InChI is InChI=1S/C13H15BrF3NO/c1-10(11-5-3-2-4-6-11)12(19)18(8-7-14)9-13(15,16)17/h2-6,10H,7-9H2,1H3. The lowest BCUT2D eigenvalue weighted by molar-refractivity contribution is -0.161. The first-order valence-corrected chi connectivity index (χ1v) is 6.93. The molecule has 0 saturated carbocycles. The maximum absolute atomic E-state index is 12.4. The molecular weight excluding hydrogens is 323 g/mol. The van der Waals surface area contributed by atoms with Gasteiger partial charge < -0.3 is 4.90 Å². The third kappa shape index (κ3) is 5.22. The zero-order valence-corrected chi connectivity index (χ0v) is 12.0. The second kappa shape index (κ2) is 6.93. The van der Waals surface area contributed by atoms with Gasteiger partial charge in [0.05, 0.1) is 5.92 Å². The minimum atomic E-state index is -4.38. The van der Waals surface area contributed by atoms with E-state index in [0.29, 0.717) is 10.9 Å². The molecule has 0 aliphatic rings. The zero-order valence-electron chi connectivity index (χ0n) is 10.5. The van der Waals surface area contributed by atoms with Gasteiger partial charge in [-0.3, -0.25) is 4.79 Å². The average Bonchev–Trinajstić information content (AvgIpc) is 2.36. The molecule has 1 amide bonds. The molecule has 0 spiro atoms. The van der Waals surface area contributed by atoms with Crippen LogP contribution in [0.1, 0.15) is 18.4 Å². The Labute approximate surface area is 118 Å². The molecule has 0 aliphatic heterocycles. The lowest BCUT2D eigenvalue weighted by Crippen LogP contribution is -2.42. The van der Waals surface area contributed by atoms with Crippen molar-refractivity contribution in [1.29, 1.82) is 0 Å². The van der Waals surface area contributed by atoms with Crippen LogP contribution in [-0.2, 0) is 4.79 Å². The fourth-order valence-corrected chi connectivity index (χ4v) is 2.17. The van der Waals surface area contributed by atoms with E-state index >= 15 is 0 Å². The maximum atomic E-state index is 12.4. The smallest absolute Gasteiger partial charge is 0.332 e. The summed E-state index contributed by atoms with van der Waals surface area (Å²) in [6, 6.07) is 8.80. The molecular formula is C13H15BrF3NO. The maximum Gasteiger partial charge on any atom is 0.406 e. The van der Waals surface area contributed by atoms with E-state index in [-0.39, 0.29) is 6.54 Å². The van der Waals surface area contributed by atoms with Gasteiger partial charge in [0.15, 0.2) is 0 Å². The van der Waals surface area contributed by atoms with E-state index in [1.165, 1.54) is 0 Å². The Morgan fingerprint density at radius 1 is 1.32 bits per heavy atom. The Bertz CT molecular complexity index is 408. The van der Waals surface area contributed by atoms with Gasteiger partial charge in [-0.2, -0.15) is 13.2 Å². The minimum Gasteiger partial charge on any atom is -0.332 e. The highest BCUT2D eigenvalue weighted by atomic mass is 79.9. The van der Waals surface area contributed by atoms with Crippen LogP contribution in [0.25, 0.3) is 0 Å². The lowest BCUT2D eigenvalue weighted by Gasteiger charge is -2.26. The highest BCUT2D eigenvalue weighted by Gasteiger charge is 2.34. The van der Waals surface area contributed by atoms with Gasteiger partial charge >= 0.3 is 6.18 Å². The molecule has 0 saturated heterocycles. The molecule has 19 heavy (non-hydrogen) atoms. The van der Waals surface area contributed by atoms with E-state index in [1.807, 2.05) is 0 Å². The molecule has 2 nitrogen and oxygen atoms in total. The molecule has 0 radical (unpaired) electrons. The number of halogens is 4. The summed E-state index contributed by atoms with van der Waals surface area (Å²) in [6.07, 6.45) is -4.38. The number of carbonyl (C=O) groups excluding carboxylic acids is 1. The van der Waals surface area contributed by atoms with Crippen LogP contribution in [-0.4, -0.2) is 35.4 Å². The Morgan fingerprint density at radius 3 is 2.37 bits per heavy atom. The van der Waals surface area contributed by atoms with E-state index in [4.69, 9.17) is 0 Å². The van der Waals surface area contributed by atoms with Crippen LogP contribution in [0.4, 0.5) is 13.2 Å². The van der Waals surface area contributed by atoms with Gasteiger partial charge in [0.1, 0.15) is 6.54 Å².